The van der Waals surface area contributed by atoms with Crippen molar-refractivity contribution in [1.29, 1.82) is 0 Å². The van der Waals surface area contributed by atoms with E-state index in [0.29, 0.717) is 16.4 Å². The van der Waals surface area contributed by atoms with E-state index in [1.807, 2.05) is 12.3 Å². The van der Waals surface area contributed by atoms with Crippen LogP contribution < -0.4 is 4.90 Å². The quantitative estimate of drug-likeness (QED) is 0.476. The molecule has 0 fully saturated rings. The summed E-state index contributed by atoms with van der Waals surface area (Å²) in [6, 6.07) is 10.7. The third kappa shape index (κ3) is 2.30. The van der Waals surface area contributed by atoms with Crippen LogP contribution in [0.5, 0.6) is 0 Å². The Labute approximate surface area is 122 Å². The lowest BCUT2D eigenvalue weighted by atomic mass is 10.1. The lowest BCUT2D eigenvalue weighted by Gasteiger charge is -2.24. The maximum Gasteiger partial charge on any atom is 0.190 e. The van der Waals surface area contributed by atoms with Gasteiger partial charge < -0.3 is 4.90 Å². The summed E-state index contributed by atoms with van der Waals surface area (Å²) in [7, 11) is 0. The molecule has 5 heteroatoms. The minimum Gasteiger partial charge on any atom is -0.323 e. The van der Waals surface area contributed by atoms with Gasteiger partial charge in [0.1, 0.15) is 11.0 Å². The first-order valence-electron chi connectivity index (χ1n) is 6.15. The molecule has 19 heavy (non-hydrogen) atoms. The molecule has 1 aromatic heterocycles. The average Bonchev–Trinajstić information content (AvgIpc) is 2.73. The van der Waals surface area contributed by atoms with Gasteiger partial charge in [0.15, 0.2) is 5.16 Å². The number of benzene rings is 1. The zero-order valence-electron chi connectivity index (χ0n) is 10.8. The number of hydrogen-bond donors (Lipinski definition) is 0. The van der Waals surface area contributed by atoms with E-state index in [0.717, 1.165) is 12.2 Å². The normalized spacial score (nSPS) is 17.6. The molecule has 1 aliphatic heterocycles. The van der Waals surface area contributed by atoms with Crippen molar-refractivity contribution in [2.24, 2.45) is 0 Å². The van der Waals surface area contributed by atoms with Crippen molar-refractivity contribution in [1.82, 2.24) is 9.97 Å². The molecule has 0 amide bonds. The molecule has 2 aromatic rings. The number of hydrogen-bond acceptors (Lipinski definition) is 4. The van der Waals surface area contributed by atoms with Crippen molar-refractivity contribution in [3.05, 3.63) is 41.0 Å². The van der Waals surface area contributed by atoms with Crippen LogP contribution in [0, 0.1) is 0 Å². The van der Waals surface area contributed by atoms with Crippen LogP contribution >= 0.6 is 23.4 Å². The molecule has 0 aliphatic carbocycles. The predicted molar refractivity (Wildman–Crippen MR) is 80.6 cm³/mol. The Bertz CT molecular complexity index is 617. The molecule has 0 saturated carbocycles. The number of rotatable bonds is 2. The summed E-state index contributed by atoms with van der Waals surface area (Å²) in [5, 5.41) is 1.20. The van der Waals surface area contributed by atoms with E-state index in [-0.39, 0.29) is 0 Å². The van der Waals surface area contributed by atoms with Crippen LogP contribution in [0.4, 0.5) is 11.5 Å². The molecule has 3 nitrogen and oxygen atoms in total. The Balaban J connectivity index is 2.09. The molecule has 3 rings (SSSR count). The lowest BCUT2D eigenvalue weighted by Crippen LogP contribution is -2.25. The van der Waals surface area contributed by atoms with Crippen LogP contribution in [0.25, 0.3) is 0 Å². The van der Waals surface area contributed by atoms with Crippen LogP contribution in [0.3, 0.4) is 0 Å². The number of anilines is 2. The molecule has 2 heterocycles. The van der Waals surface area contributed by atoms with E-state index in [9.17, 15) is 0 Å². The van der Waals surface area contributed by atoms with Crippen molar-refractivity contribution < 1.29 is 0 Å². The molecule has 0 spiro atoms. The van der Waals surface area contributed by atoms with E-state index in [1.54, 1.807) is 0 Å². The largest absolute Gasteiger partial charge is 0.323 e. The average molecular weight is 292 g/mol. The number of fused-ring (bicyclic) bond motifs is 1. The van der Waals surface area contributed by atoms with E-state index in [4.69, 9.17) is 11.6 Å². The Hall–Kier alpha value is -1.26. The Morgan fingerprint density at radius 1 is 1.32 bits per heavy atom. The first-order valence-corrected chi connectivity index (χ1v) is 7.75. The van der Waals surface area contributed by atoms with Gasteiger partial charge in [0.2, 0.25) is 0 Å². The van der Waals surface area contributed by atoms with Gasteiger partial charge in [-0.2, -0.15) is 0 Å². The predicted octanol–water partition coefficient (Wildman–Crippen LogP) is 3.93. The summed E-state index contributed by atoms with van der Waals surface area (Å²) in [4.78, 5) is 11.0. The SMILES string of the molecule is CSc1nc(Cl)cc(N2c3ccccc3CC2C)n1. The molecule has 1 unspecified atom stereocenters. The third-order valence-electron chi connectivity index (χ3n) is 3.30. The summed E-state index contributed by atoms with van der Waals surface area (Å²) in [6.07, 6.45) is 2.99. The van der Waals surface area contributed by atoms with Gasteiger partial charge in [-0.15, -0.1) is 0 Å². The van der Waals surface area contributed by atoms with E-state index < -0.39 is 0 Å². The fourth-order valence-electron chi connectivity index (χ4n) is 2.51. The second-order valence-corrected chi connectivity index (χ2v) is 5.75. The van der Waals surface area contributed by atoms with Gasteiger partial charge in [0.25, 0.3) is 0 Å². The van der Waals surface area contributed by atoms with Gasteiger partial charge in [0, 0.05) is 17.8 Å². The van der Waals surface area contributed by atoms with E-state index >= 15 is 0 Å². The fraction of sp³-hybridized carbons (Fsp3) is 0.286. The number of nitrogens with zero attached hydrogens (tertiary/aromatic N) is 3. The molecule has 98 valence electrons. The molecule has 1 aromatic carbocycles. The van der Waals surface area contributed by atoms with Crippen molar-refractivity contribution in [2.45, 2.75) is 24.5 Å². The first kappa shape index (κ1) is 12.8. The van der Waals surface area contributed by atoms with E-state index in [1.165, 1.54) is 23.0 Å². The molecule has 1 atom stereocenters. The topological polar surface area (TPSA) is 29.0 Å². The monoisotopic (exact) mass is 291 g/mol. The second kappa shape index (κ2) is 5.02. The molecular weight excluding hydrogens is 278 g/mol. The number of thioether (sulfide) groups is 1. The highest BCUT2D eigenvalue weighted by Gasteiger charge is 2.28. The molecule has 0 bridgehead atoms. The molecule has 0 saturated heterocycles. The van der Waals surface area contributed by atoms with Gasteiger partial charge in [0.05, 0.1) is 0 Å². The first-order chi connectivity index (χ1) is 9.19. The highest BCUT2D eigenvalue weighted by Crippen LogP contribution is 2.38. The summed E-state index contributed by atoms with van der Waals surface area (Å²) in [5.74, 6) is 0.877. The van der Waals surface area contributed by atoms with Crippen molar-refractivity contribution in [3.63, 3.8) is 0 Å². The maximum absolute atomic E-state index is 6.09. The fourth-order valence-corrected chi connectivity index (χ4v) is 3.12. The minimum atomic E-state index is 0.387. The van der Waals surface area contributed by atoms with Crippen LogP contribution in [-0.2, 0) is 6.42 Å². The standard InChI is InChI=1S/C14H14ClN3S/c1-9-7-10-5-3-4-6-11(10)18(9)13-8-12(15)16-14(17-13)19-2/h3-6,8-9H,7H2,1-2H3. The number of aromatic nitrogens is 2. The van der Waals surface area contributed by atoms with Crippen LogP contribution in [-0.4, -0.2) is 22.3 Å². The van der Waals surface area contributed by atoms with Gasteiger partial charge in [-0.3, -0.25) is 0 Å². The summed E-state index contributed by atoms with van der Waals surface area (Å²) >= 11 is 7.60. The van der Waals surface area contributed by atoms with Crippen molar-refractivity contribution in [3.8, 4) is 0 Å². The molecular formula is C14H14ClN3S. The smallest absolute Gasteiger partial charge is 0.190 e. The summed E-state index contributed by atoms with van der Waals surface area (Å²) < 4.78 is 0. The van der Waals surface area contributed by atoms with Crippen LogP contribution in [0.15, 0.2) is 35.5 Å². The van der Waals surface area contributed by atoms with Gasteiger partial charge in [-0.05, 0) is 31.2 Å². The van der Waals surface area contributed by atoms with Gasteiger partial charge in [-0.1, -0.05) is 41.6 Å². The van der Waals surface area contributed by atoms with Crippen molar-refractivity contribution >= 4 is 34.9 Å². The summed E-state index contributed by atoms with van der Waals surface area (Å²) in [5.41, 5.74) is 2.58. The van der Waals surface area contributed by atoms with Crippen LogP contribution in [0.2, 0.25) is 5.15 Å². The zero-order valence-corrected chi connectivity index (χ0v) is 12.4. The molecule has 1 aliphatic rings. The lowest BCUT2D eigenvalue weighted by molar-refractivity contribution is 0.742. The van der Waals surface area contributed by atoms with Gasteiger partial charge in [-0.25, -0.2) is 9.97 Å². The third-order valence-corrected chi connectivity index (χ3v) is 4.04. The van der Waals surface area contributed by atoms with Gasteiger partial charge >= 0.3 is 0 Å². The number of halogens is 1. The maximum atomic E-state index is 6.09. The summed E-state index contributed by atoms with van der Waals surface area (Å²) in [6.45, 7) is 2.20. The highest BCUT2D eigenvalue weighted by molar-refractivity contribution is 7.98. The van der Waals surface area contributed by atoms with Crippen LogP contribution in [0.1, 0.15) is 12.5 Å². The Morgan fingerprint density at radius 3 is 2.89 bits per heavy atom. The molecule has 0 radical (unpaired) electrons. The molecule has 0 N–H and O–H groups in total. The Morgan fingerprint density at radius 2 is 2.11 bits per heavy atom. The minimum absolute atomic E-state index is 0.387. The van der Waals surface area contributed by atoms with E-state index in [2.05, 4.69) is 46.1 Å². The van der Waals surface area contributed by atoms with Crippen molar-refractivity contribution in [2.75, 3.05) is 11.2 Å². The Kier molecular flexibility index (Phi) is 3.37. The number of para-hydroxylation sites is 1. The highest BCUT2D eigenvalue weighted by atomic mass is 35.5. The zero-order chi connectivity index (χ0) is 13.4. The second-order valence-electron chi connectivity index (χ2n) is 4.59.